The Morgan fingerprint density at radius 2 is 1.86 bits per heavy atom. The Kier molecular flexibility index (Phi) is 8.83. The van der Waals surface area contributed by atoms with Crippen molar-refractivity contribution in [3.8, 4) is 0 Å². The van der Waals surface area contributed by atoms with Crippen molar-refractivity contribution < 1.29 is 37.0 Å². The normalized spacial score (nSPS) is 12.7. The molecule has 0 aliphatic rings. The van der Waals surface area contributed by atoms with E-state index in [-0.39, 0.29) is 13.0 Å². The van der Waals surface area contributed by atoms with Crippen molar-refractivity contribution >= 4 is 39.1 Å². The Morgan fingerprint density at radius 1 is 1.25 bits per heavy atom. The Hall–Kier alpha value is -2.20. The minimum Gasteiger partial charge on any atom is -0.468 e. The highest BCUT2D eigenvalue weighted by Crippen LogP contribution is 2.35. The summed E-state index contributed by atoms with van der Waals surface area (Å²) in [5.74, 6) is -3.55. The smallest absolute Gasteiger partial charge is 0.324 e. The molecule has 10 heteroatoms. The second-order valence-electron chi connectivity index (χ2n) is 5.94. The van der Waals surface area contributed by atoms with Gasteiger partial charge in [-0.2, -0.15) is 11.3 Å². The molecule has 0 saturated heterocycles. The van der Waals surface area contributed by atoms with Crippen LogP contribution in [0.2, 0.25) is 0 Å². The molecule has 0 saturated carbocycles. The average molecular weight is 433 g/mol. The summed E-state index contributed by atoms with van der Waals surface area (Å²) in [6, 6.07) is 1.68. The van der Waals surface area contributed by atoms with E-state index in [4.69, 9.17) is 14.2 Å². The summed E-state index contributed by atoms with van der Waals surface area (Å²) in [7, 11) is -1.95. The van der Waals surface area contributed by atoms with Gasteiger partial charge in [0.15, 0.2) is 20.5 Å². The highest BCUT2D eigenvalue weighted by atomic mass is 32.2. The maximum absolute atomic E-state index is 12.7. The molecular formula is C18H24O8S2. The minimum atomic E-state index is -4.09. The van der Waals surface area contributed by atoms with Crippen LogP contribution in [0.15, 0.2) is 29.5 Å². The van der Waals surface area contributed by atoms with Crippen LogP contribution in [0.1, 0.15) is 18.9 Å². The SMILES string of the molecule is C=CCS(=O)(=O)C(CC(Cc1ccsc1)(C(=O)OC)C(=O)OC)C(=O)OCC. The van der Waals surface area contributed by atoms with Gasteiger partial charge >= 0.3 is 17.9 Å². The van der Waals surface area contributed by atoms with Crippen molar-refractivity contribution in [3.63, 3.8) is 0 Å². The summed E-state index contributed by atoms with van der Waals surface area (Å²) in [5.41, 5.74) is -1.43. The van der Waals surface area contributed by atoms with Gasteiger partial charge in [-0.25, -0.2) is 8.42 Å². The van der Waals surface area contributed by atoms with E-state index < -0.39 is 50.6 Å². The van der Waals surface area contributed by atoms with Gasteiger partial charge in [0.1, 0.15) is 0 Å². The molecule has 1 aromatic rings. The first-order valence-corrected chi connectivity index (χ1v) is 11.0. The van der Waals surface area contributed by atoms with E-state index >= 15 is 0 Å². The average Bonchev–Trinajstić information content (AvgIpc) is 3.16. The molecule has 0 aliphatic carbocycles. The molecule has 156 valence electrons. The van der Waals surface area contributed by atoms with Gasteiger partial charge in [0.05, 0.1) is 26.6 Å². The van der Waals surface area contributed by atoms with Crippen LogP contribution in [0, 0.1) is 5.41 Å². The van der Waals surface area contributed by atoms with E-state index in [1.165, 1.54) is 18.3 Å². The van der Waals surface area contributed by atoms with Gasteiger partial charge in [0.25, 0.3) is 0 Å². The minimum absolute atomic E-state index is 0.0626. The number of carbonyl (C=O) groups is 3. The third-order valence-corrected chi connectivity index (χ3v) is 6.76. The number of thiophene rings is 1. The van der Waals surface area contributed by atoms with Crippen molar-refractivity contribution in [2.24, 2.45) is 5.41 Å². The van der Waals surface area contributed by atoms with E-state index in [9.17, 15) is 22.8 Å². The molecule has 0 amide bonds. The maximum atomic E-state index is 12.7. The molecule has 1 unspecified atom stereocenters. The zero-order valence-corrected chi connectivity index (χ0v) is 17.6. The summed E-state index contributed by atoms with van der Waals surface area (Å²) < 4.78 is 39.8. The van der Waals surface area contributed by atoms with Gasteiger partial charge in [0.2, 0.25) is 0 Å². The van der Waals surface area contributed by atoms with Gasteiger partial charge in [0, 0.05) is 12.8 Å². The summed E-state index contributed by atoms with van der Waals surface area (Å²) in [6.45, 7) is 4.84. The Morgan fingerprint density at radius 3 is 2.29 bits per heavy atom. The van der Waals surface area contributed by atoms with Crippen molar-refractivity contribution in [2.45, 2.75) is 25.0 Å². The topological polar surface area (TPSA) is 113 Å². The van der Waals surface area contributed by atoms with E-state index in [2.05, 4.69) is 6.58 Å². The second-order valence-corrected chi connectivity index (χ2v) is 8.94. The highest BCUT2D eigenvalue weighted by Gasteiger charge is 2.53. The number of hydrogen-bond acceptors (Lipinski definition) is 9. The lowest BCUT2D eigenvalue weighted by atomic mass is 9.78. The number of methoxy groups -OCH3 is 2. The van der Waals surface area contributed by atoms with Crippen LogP contribution in [0.3, 0.4) is 0 Å². The van der Waals surface area contributed by atoms with Crippen LogP contribution in [-0.2, 0) is 44.9 Å². The highest BCUT2D eigenvalue weighted by molar-refractivity contribution is 7.92. The summed E-state index contributed by atoms with van der Waals surface area (Å²) in [6.07, 6.45) is 0.269. The molecule has 28 heavy (non-hydrogen) atoms. The number of hydrogen-bond donors (Lipinski definition) is 0. The molecular weight excluding hydrogens is 408 g/mol. The molecule has 0 aliphatic heterocycles. The predicted molar refractivity (Wildman–Crippen MR) is 104 cm³/mol. The Bertz CT molecular complexity index is 780. The lowest BCUT2D eigenvalue weighted by molar-refractivity contribution is -0.170. The number of carbonyl (C=O) groups excluding carboxylic acids is 3. The molecule has 1 aromatic heterocycles. The number of ether oxygens (including phenoxy) is 3. The maximum Gasteiger partial charge on any atom is 0.324 e. The van der Waals surface area contributed by atoms with Crippen molar-refractivity contribution in [3.05, 3.63) is 35.0 Å². The first-order valence-electron chi connectivity index (χ1n) is 8.35. The molecule has 0 N–H and O–H groups in total. The van der Waals surface area contributed by atoms with Crippen molar-refractivity contribution in [2.75, 3.05) is 26.6 Å². The number of sulfone groups is 1. The quantitative estimate of drug-likeness (QED) is 0.224. The lowest BCUT2D eigenvalue weighted by Crippen LogP contribution is -2.49. The van der Waals surface area contributed by atoms with Crippen LogP contribution in [0.5, 0.6) is 0 Å². The van der Waals surface area contributed by atoms with Gasteiger partial charge < -0.3 is 14.2 Å². The van der Waals surface area contributed by atoms with Crippen LogP contribution >= 0.6 is 11.3 Å². The summed E-state index contributed by atoms with van der Waals surface area (Å²) in [5, 5.41) is 1.69. The molecule has 1 heterocycles. The Balaban J connectivity index is 3.54. The van der Waals surface area contributed by atoms with E-state index in [0.717, 1.165) is 20.3 Å². The summed E-state index contributed by atoms with van der Waals surface area (Å²) in [4.78, 5) is 37.8. The van der Waals surface area contributed by atoms with E-state index in [0.29, 0.717) is 5.56 Å². The molecule has 0 aromatic carbocycles. The van der Waals surface area contributed by atoms with E-state index in [1.807, 2.05) is 0 Å². The number of rotatable bonds is 11. The summed E-state index contributed by atoms with van der Waals surface area (Å²) >= 11 is 1.34. The molecule has 8 nitrogen and oxygen atoms in total. The zero-order valence-electron chi connectivity index (χ0n) is 16.0. The van der Waals surface area contributed by atoms with E-state index in [1.54, 1.807) is 16.8 Å². The first kappa shape index (κ1) is 23.8. The Labute approximate surface area is 168 Å². The fourth-order valence-corrected chi connectivity index (χ4v) is 4.92. The second kappa shape index (κ2) is 10.4. The van der Waals surface area contributed by atoms with Crippen molar-refractivity contribution in [1.29, 1.82) is 0 Å². The molecule has 1 rings (SSSR count). The molecule has 0 fully saturated rings. The van der Waals surface area contributed by atoms with Gasteiger partial charge in [-0.3, -0.25) is 14.4 Å². The largest absolute Gasteiger partial charge is 0.468 e. The molecule has 1 atom stereocenters. The van der Waals surface area contributed by atoms with Gasteiger partial charge in [-0.1, -0.05) is 6.08 Å². The number of esters is 3. The zero-order chi connectivity index (χ0) is 21.4. The van der Waals surface area contributed by atoms with Crippen LogP contribution in [-0.4, -0.2) is 58.2 Å². The fraction of sp³-hybridized carbons (Fsp3) is 0.500. The van der Waals surface area contributed by atoms with Crippen LogP contribution < -0.4 is 0 Å². The monoisotopic (exact) mass is 432 g/mol. The van der Waals surface area contributed by atoms with Gasteiger partial charge in [-0.15, -0.1) is 6.58 Å². The van der Waals surface area contributed by atoms with Crippen LogP contribution in [0.4, 0.5) is 0 Å². The molecule has 0 spiro atoms. The van der Waals surface area contributed by atoms with Crippen molar-refractivity contribution in [1.82, 2.24) is 0 Å². The first-order chi connectivity index (χ1) is 13.2. The van der Waals surface area contributed by atoms with Crippen LogP contribution in [0.25, 0.3) is 0 Å². The standard InChI is InChI=1S/C18H24O8S2/c1-5-9-28(22,23)14(15(19)26-6-2)11-18(16(20)24-3,17(21)25-4)10-13-7-8-27-12-13/h5,7-8,12,14H,1,6,9-11H2,2-4H3. The molecule has 0 radical (unpaired) electrons. The fourth-order valence-electron chi connectivity index (χ4n) is 2.79. The third-order valence-electron chi connectivity index (χ3n) is 4.11. The van der Waals surface area contributed by atoms with Gasteiger partial charge in [-0.05, 0) is 29.3 Å². The predicted octanol–water partition coefficient (Wildman–Crippen LogP) is 1.55. The third kappa shape index (κ3) is 5.41. The molecule has 0 bridgehead atoms. The lowest BCUT2D eigenvalue weighted by Gasteiger charge is -2.30.